The van der Waals surface area contributed by atoms with Crippen molar-refractivity contribution in [1.29, 1.82) is 0 Å². The lowest BCUT2D eigenvalue weighted by Crippen LogP contribution is -2.26. The predicted molar refractivity (Wildman–Crippen MR) is 66.6 cm³/mol. The third-order valence-electron chi connectivity index (χ3n) is 2.27. The summed E-state index contributed by atoms with van der Waals surface area (Å²) < 4.78 is 5.50. The molecule has 18 heavy (non-hydrogen) atoms. The Labute approximate surface area is 105 Å². The van der Waals surface area contributed by atoms with Crippen molar-refractivity contribution in [3.8, 4) is 18.1 Å². The number of nitro benzene ring substituents is 1. The fourth-order valence-corrected chi connectivity index (χ4v) is 1.30. The topological polar surface area (TPSA) is 69.4 Å². The zero-order chi connectivity index (χ0) is 13.9. The number of nitro groups is 1. The molecule has 0 heterocycles. The number of carbonyl (C=O) groups excluding carboxylic acids is 1. The molecule has 0 bridgehead atoms. The van der Waals surface area contributed by atoms with Gasteiger partial charge in [-0.1, -0.05) is 5.92 Å². The number of terminal acetylenes is 1. The molecule has 5 heteroatoms. The van der Waals surface area contributed by atoms with E-state index in [1.165, 1.54) is 25.1 Å². The van der Waals surface area contributed by atoms with Gasteiger partial charge in [-0.2, -0.15) is 0 Å². The Balaban J connectivity index is 3.25. The number of carbonyl (C=O) groups is 1. The molecule has 0 atom stereocenters. The first-order chi connectivity index (χ1) is 8.26. The van der Waals surface area contributed by atoms with Gasteiger partial charge < -0.3 is 4.74 Å². The summed E-state index contributed by atoms with van der Waals surface area (Å²) in [5.74, 6) is 2.35. The van der Waals surface area contributed by atoms with Crippen molar-refractivity contribution in [1.82, 2.24) is 0 Å². The van der Waals surface area contributed by atoms with Gasteiger partial charge in [0.1, 0.15) is 5.75 Å². The van der Waals surface area contributed by atoms with E-state index >= 15 is 0 Å². The number of benzene rings is 1. The molecule has 5 nitrogen and oxygen atoms in total. The predicted octanol–water partition coefficient (Wildman–Crippen LogP) is 2.59. The summed E-state index contributed by atoms with van der Waals surface area (Å²) in [6.07, 6.45) is 5.29. The first-order valence-electron chi connectivity index (χ1n) is 5.23. The number of hydrogen-bond acceptors (Lipinski definition) is 4. The zero-order valence-corrected chi connectivity index (χ0v) is 10.4. The Kier molecular flexibility index (Phi) is 3.72. The summed E-state index contributed by atoms with van der Waals surface area (Å²) in [4.78, 5) is 21.5. The van der Waals surface area contributed by atoms with Crippen molar-refractivity contribution < 1.29 is 14.5 Å². The summed E-state index contributed by atoms with van der Waals surface area (Å²) in [6.45, 7) is 4.64. The highest BCUT2D eigenvalue weighted by Gasteiger charge is 2.21. The van der Waals surface area contributed by atoms with Crippen LogP contribution in [0.4, 0.5) is 5.69 Å². The summed E-state index contributed by atoms with van der Waals surface area (Å²) in [7, 11) is 0. The minimum Gasteiger partial charge on any atom is -0.474 e. The lowest BCUT2D eigenvalue weighted by molar-refractivity contribution is -0.384. The largest absolute Gasteiger partial charge is 0.474 e. The smallest absolute Gasteiger partial charge is 0.270 e. The quantitative estimate of drug-likeness (QED) is 0.355. The van der Waals surface area contributed by atoms with E-state index in [0.717, 1.165) is 0 Å². The van der Waals surface area contributed by atoms with Crippen molar-refractivity contribution in [3.05, 3.63) is 33.9 Å². The molecule has 0 aliphatic carbocycles. The van der Waals surface area contributed by atoms with Crippen LogP contribution in [0.1, 0.15) is 31.1 Å². The summed E-state index contributed by atoms with van der Waals surface area (Å²) in [5.41, 5.74) is -0.904. The number of non-ortho nitro benzene ring substituents is 1. The molecule has 1 aromatic carbocycles. The zero-order valence-electron chi connectivity index (χ0n) is 10.4. The molecule has 0 N–H and O–H groups in total. The van der Waals surface area contributed by atoms with Crippen molar-refractivity contribution in [3.63, 3.8) is 0 Å². The van der Waals surface area contributed by atoms with Crippen LogP contribution in [0.2, 0.25) is 0 Å². The summed E-state index contributed by atoms with van der Waals surface area (Å²) >= 11 is 0. The van der Waals surface area contributed by atoms with E-state index in [9.17, 15) is 14.9 Å². The van der Waals surface area contributed by atoms with Gasteiger partial charge in [-0.05, 0) is 26.8 Å². The van der Waals surface area contributed by atoms with Gasteiger partial charge in [0.25, 0.3) is 5.69 Å². The van der Waals surface area contributed by atoms with E-state index < -0.39 is 10.5 Å². The van der Waals surface area contributed by atoms with Crippen LogP contribution in [-0.4, -0.2) is 16.3 Å². The SMILES string of the molecule is C#CC(C)(C)Oc1ccc([N+](=O)[O-])cc1C(C)=O. The average Bonchev–Trinajstić information content (AvgIpc) is 2.28. The van der Waals surface area contributed by atoms with Gasteiger partial charge in [-0.25, -0.2) is 0 Å². The Hall–Kier alpha value is -2.35. The van der Waals surface area contributed by atoms with Crippen molar-refractivity contribution in [2.24, 2.45) is 0 Å². The van der Waals surface area contributed by atoms with Crippen molar-refractivity contribution in [2.75, 3.05) is 0 Å². The first-order valence-corrected chi connectivity index (χ1v) is 5.23. The Morgan fingerprint density at radius 2 is 2.11 bits per heavy atom. The minimum absolute atomic E-state index is 0.146. The van der Waals surface area contributed by atoms with Gasteiger partial charge in [0.15, 0.2) is 11.4 Å². The van der Waals surface area contributed by atoms with Gasteiger partial charge in [0, 0.05) is 12.1 Å². The van der Waals surface area contributed by atoms with Crippen LogP contribution in [0.15, 0.2) is 18.2 Å². The van der Waals surface area contributed by atoms with Crippen LogP contribution in [-0.2, 0) is 0 Å². The van der Waals surface area contributed by atoms with E-state index in [2.05, 4.69) is 5.92 Å². The third-order valence-corrected chi connectivity index (χ3v) is 2.27. The molecule has 0 unspecified atom stereocenters. The molecule has 1 aromatic rings. The molecule has 0 aliphatic heterocycles. The molecule has 0 saturated carbocycles. The van der Waals surface area contributed by atoms with Crippen molar-refractivity contribution in [2.45, 2.75) is 26.4 Å². The first kappa shape index (κ1) is 13.7. The van der Waals surface area contributed by atoms with Crippen LogP contribution in [0.5, 0.6) is 5.75 Å². The highest BCUT2D eigenvalue weighted by atomic mass is 16.6. The molecular weight excluding hydrogens is 234 g/mol. The van der Waals surface area contributed by atoms with E-state index in [0.29, 0.717) is 0 Å². The maximum Gasteiger partial charge on any atom is 0.270 e. The van der Waals surface area contributed by atoms with Gasteiger partial charge >= 0.3 is 0 Å². The second-order valence-corrected chi connectivity index (χ2v) is 4.25. The standard InChI is InChI=1S/C13H13NO4/c1-5-13(3,4)18-12-7-6-10(14(16)17)8-11(12)9(2)15/h1,6-8H,2-4H3. The Morgan fingerprint density at radius 1 is 1.50 bits per heavy atom. The van der Waals surface area contributed by atoms with E-state index in [4.69, 9.17) is 11.2 Å². The van der Waals surface area contributed by atoms with Crippen LogP contribution < -0.4 is 4.74 Å². The molecule has 0 aliphatic rings. The molecule has 0 fully saturated rings. The molecule has 0 saturated heterocycles. The monoisotopic (exact) mass is 247 g/mol. The minimum atomic E-state index is -0.889. The molecule has 0 radical (unpaired) electrons. The van der Waals surface area contributed by atoms with Crippen molar-refractivity contribution >= 4 is 11.5 Å². The fourth-order valence-electron chi connectivity index (χ4n) is 1.30. The third kappa shape index (κ3) is 3.08. The number of ketones is 1. The van der Waals surface area contributed by atoms with Crippen LogP contribution in [0.25, 0.3) is 0 Å². The fraction of sp³-hybridized carbons (Fsp3) is 0.308. The molecule has 94 valence electrons. The molecular formula is C13H13NO4. The van der Waals surface area contributed by atoms with E-state index in [-0.39, 0.29) is 22.8 Å². The Morgan fingerprint density at radius 3 is 2.56 bits per heavy atom. The number of nitrogens with zero attached hydrogens (tertiary/aromatic N) is 1. The summed E-state index contributed by atoms with van der Waals surface area (Å²) in [5, 5.41) is 10.6. The van der Waals surface area contributed by atoms with E-state index in [1.807, 2.05) is 0 Å². The highest BCUT2D eigenvalue weighted by molar-refractivity contribution is 5.97. The van der Waals surface area contributed by atoms with E-state index in [1.54, 1.807) is 13.8 Å². The maximum absolute atomic E-state index is 11.5. The number of hydrogen-bond donors (Lipinski definition) is 0. The normalized spacial score (nSPS) is 10.6. The Bertz CT molecular complexity index is 540. The summed E-state index contributed by atoms with van der Waals surface area (Å²) in [6, 6.07) is 3.84. The average molecular weight is 247 g/mol. The molecule has 0 aromatic heterocycles. The number of rotatable bonds is 4. The van der Waals surface area contributed by atoms with Gasteiger partial charge in [-0.3, -0.25) is 14.9 Å². The maximum atomic E-state index is 11.5. The van der Waals surface area contributed by atoms with Crippen LogP contribution >= 0.6 is 0 Å². The van der Waals surface area contributed by atoms with Gasteiger partial charge in [0.05, 0.1) is 10.5 Å². The van der Waals surface area contributed by atoms with Gasteiger partial charge in [0.2, 0.25) is 0 Å². The van der Waals surface area contributed by atoms with Gasteiger partial charge in [-0.15, -0.1) is 6.42 Å². The van der Waals surface area contributed by atoms with Crippen LogP contribution in [0, 0.1) is 22.5 Å². The highest BCUT2D eigenvalue weighted by Crippen LogP contribution is 2.27. The number of ether oxygens (including phenoxy) is 1. The molecule has 0 amide bonds. The number of Topliss-reactive ketones (excluding diaryl/α,β-unsaturated/α-hetero) is 1. The second kappa shape index (κ2) is 4.88. The van der Waals surface area contributed by atoms with Crippen LogP contribution in [0.3, 0.4) is 0 Å². The second-order valence-electron chi connectivity index (χ2n) is 4.25. The lowest BCUT2D eigenvalue weighted by Gasteiger charge is -2.21. The molecule has 0 spiro atoms. The molecule has 1 rings (SSSR count). The lowest BCUT2D eigenvalue weighted by atomic mass is 10.1.